The highest BCUT2D eigenvalue weighted by Crippen LogP contribution is 2.34. The maximum atomic E-state index is 14.2. The minimum atomic E-state index is -1.44. The molecule has 1 aromatic rings. The summed E-state index contributed by atoms with van der Waals surface area (Å²) in [6, 6.07) is 1.77. The van der Waals surface area contributed by atoms with Crippen LogP contribution in [0.4, 0.5) is 15.8 Å². The summed E-state index contributed by atoms with van der Waals surface area (Å²) in [5, 5.41) is 20.2. The Morgan fingerprint density at radius 2 is 2.19 bits per heavy atom. The number of halogens is 1. The van der Waals surface area contributed by atoms with Crippen LogP contribution in [0.5, 0.6) is 0 Å². The minimum Gasteiger partial charge on any atom is -0.477 e. The normalized spacial score (nSPS) is 22.1. The molecule has 6 nitrogen and oxygen atoms in total. The van der Waals surface area contributed by atoms with Gasteiger partial charge in [0.1, 0.15) is 5.56 Å². The summed E-state index contributed by atoms with van der Waals surface area (Å²) in [5.74, 6) is -1.41. The third-order valence-electron chi connectivity index (χ3n) is 3.69. The molecule has 1 heterocycles. The van der Waals surface area contributed by atoms with E-state index in [1.165, 1.54) is 0 Å². The Balaban J connectivity index is 2.52. The van der Waals surface area contributed by atoms with Gasteiger partial charge in [0.05, 0.1) is 16.7 Å². The summed E-state index contributed by atoms with van der Waals surface area (Å²) >= 11 is 1.76. The van der Waals surface area contributed by atoms with Crippen LogP contribution in [-0.4, -0.2) is 39.6 Å². The highest BCUT2D eigenvalue weighted by Gasteiger charge is 2.30. The fourth-order valence-electron chi connectivity index (χ4n) is 2.37. The first-order chi connectivity index (χ1) is 9.82. The van der Waals surface area contributed by atoms with E-state index in [1.807, 2.05) is 13.8 Å². The lowest BCUT2D eigenvalue weighted by atomic mass is 10.1. The number of thioether (sulfide) groups is 1. The second kappa shape index (κ2) is 5.88. The molecule has 2 atom stereocenters. The molecule has 1 N–H and O–H groups in total. The molecule has 1 aliphatic heterocycles. The number of nitrogens with zero attached hydrogens (tertiary/aromatic N) is 2. The lowest BCUT2D eigenvalue weighted by Gasteiger charge is -2.39. The Kier molecular flexibility index (Phi) is 4.36. The molecule has 1 fully saturated rings. The van der Waals surface area contributed by atoms with Gasteiger partial charge in [-0.1, -0.05) is 6.92 Å². The van der Waals surface area contributed by atoms with E-state index in [9.17, 15) is 19.3 Å². The molecule has 0 radical (unpaired) electrons. The highest BCUT2D eigenvalue weighted by atomic mass is 32.2. The van der Waals surface area contributed by atoms with Gasteiger partial charge in [-0.3, -0.25) is 10.1 Å². The van der Waals surface area contributed by atoms with Crippen molar-refractivity contribution >= 4 is 29.1 Å². The molecule has 0 amide bonds. The maximum absolute atomic E-state index is 14.2. The number of hydrogen-bond donors (Lipinski definition) is 1. The lowest BCUT2D eigenvalue weighted by Crippen LogP contribution is -2.45. The van der Waals surface area contributed by atoms with E-state index in [-0.39, 0.29) is 17.0 Å². The van der Waals surface area contributed by atoms with Gasteiger partial charge >= 0.3 is 5.97 Å². The number of aromatic carboxylic acids is 1. The van der Waals surface area contributed by atoms with E-state index >= 15 is 0 Å². The standard InChI is InChI=1S/C13H15FN2O4S/c1-7-8(2)21-4-3-15(7)12-5-9(13(17)18)11(16(19)20)6-10(12)14/h5-8H,3-4H2,1-2H3,(H,17,18). The molecule has 0 saturated carbocycles. The van der Waals surface area contributed by atoms with Gasteiger partial charge in [-0.15, -0.1) is 0 Å². The zero-order valence-electron chi connectivity index (χ0n) is 11.6. The fraction of sp³-hybridized carbons (Fsp3) is 0.462. The van der Waals surface area contributed by atoms with E-state index in [1.54, 1.807) is 16.7 Å². The van der Waals surface area contributed by atoms with E-state index < -0.39 is 28.0 Å². The van der Waals surface area contributed by atoms with Crippen molar-refractivity contribution in [2.75, 3.05) is 17.2 Å². The predicted molar refractivity (Wildman–Crippen MR) is 78.7 cm³/mol. The number of carboxylic acid groups (broad SMARTS) is 1. The van der Waals surface area contributed by atoms with Crippen LogP contribution >= 0.6 is 11.8 Å². The van der Waals surface area contributed by atoms with Gasteiger partial charge in [-0.05, 0) is 13.0 Å². The Labute approximate surface area is 125 Å². The molecule has 1 saturated heterocycles. The third kappa shape index (κ3) is 2.94. The topological polar surface area (TPSA) is 83.7 Å². The van der Waals surface area contributed by atoms with Crippen molar-refractivity contribution in [3.63, 3.8) is 0 Å². The first-order valence-corrected chi connectivity index (χ1v) is 7.47. The van der Waals surface area contributed by atoms with Crippen molar-refractivity contribution in [2.24, 2.45) is 0 Å². The van der Waals surface area contributed by atoms with Crippen molar-refractivity contribution < 1.29 is 19.2 Å². The summed E-state index contributed by atoms with van der Waals surface area (Å²) in [4.78, 5) is 22.9. The number of nitro benzene ring substituents is 1. The molecule has 0 bridgehead atoms. The highest BCUT2D eigenvalue weighted by molar-refractivity contribution is 8.00. The molecule has 2 rings (SSSR count). The van der Waals surface area contributed by atoms with Crippen molar-refractivity contribution in [2.45, 2.75) is 25.1 Å². The third-order valence-corrected chi connectivity index (χ3v) is 5.02. The SMILES string of the molecule is CC1SCCN(c2cc(C(=O)O)c([N+](=O)[O-])cc2F)C1C. The lowest BCUT2D eigenvalue weighted by molar-refractivity contribution is -0.385. The maximum Gasteiger partial charge on any atom is 0.342 e. The number of carbonyl (C=O) groups is 1. The molecule has 8 heteroatoms. The van der Waals surface area contributed by atoms with E-state index in [0.717, 1.165) is 11.8 Å². The summed E-state index contributed by atoms with van der Waals surface area (Å²) < 4.78 is 14.2. The molecule has 114 valence electrons. The Morgan fingerprint density at radius 3 is 2.76 bits per heavy atom. The summed E-state index contributed by atoms with van der Waals surface area (Å²) in [6.07, 6.45) is 0. The molecule has 1 aliphatic rings. The number of nitro groups is 1. The number of benzene rings is 1. The molecule has 1 aromatic carbocycles. The first-order valence-electron chi connectivity index (χ1n) is 6.42. The molecule has 0 aromatic heterocycles. The van der Waals surface area contributed by atoms with Gasteiger partial charge in [-0.25, -0.2) is 9.18 Å². The number of carboxylic acids is 1. The fourth-order valence-corrected chi connectivity index (χ4v) is 3.47. The second-order valence-corrected chi connectivity index (χ2v) is 6.38. The van der Waals surface area contributed by atoms with Crippen LogP contribution in [-0.2, 0) is 0 Å². The zero-order chi connectivity index (χ0) is 15.7. The Bertz CT molecular complexity index is 596. The van der Waals surface area contributed by atoms with E-state index in [2.05, 4.69) is 0 Å². The van der Waals surface area contributed by atoms with Crippen LogP contribution < -0.4 is 4.90 Å². The Hall–Kier alpha value is -1.83. The number of anilines is 1. The molecular weight excluding hydrogens is 299 g/mol. The van der Waals surface area contributed by atoms with Crippen LogP contribution in [0.15, 0.2) is 12.1 Å². The number of rotatable bonds is 3. The largest absolute Gasteiger partial charge is 0.477 e. The molecule has 0 spiro atoms. The van der Waals surface area contributed by atoms with Crippen LogP contribution in [0.1, 0.15) is 24.2 Å². The van der Waals surface area contributed by atoms with Crippen molar-refractivity contribution in [3.05, 3.63) is 33.6 Å². The van der Waals surface area contributed by atoms with Gasteiger partial charge in [0, 0.05) is 23.6 Å². The average molecular weight is 314 g/mol. The summed E-state index contributed by atoms with van der Waals surface area (Å²) in [6.45, 7) is 4.52. The minimum absolute atomic E-state index is 0.0151. The second-order valence-electron chi connectivity index (χ2n) is 4.89. The van der Waals surface area contributed by atoms with E-state index in [4.69, 9.17) is 5.11 Å². The predicted octanol–water partition coefficient (Wildman–Crippen LogP) is 2.76. The molecular formula is C13H15FN2O4S. The van der Waals surface area contributed by atoms with Gasteiger partial charge < -0.3 is 10.0 Å². The van der Waals surface area contributed by atoms with Gasteiger partial charge in [-0.2, -0.15) is 11.8 Å². The van der Waals surface area contributed by atoms with Gasteiger partial charge in [0.25, 0.3) is 5.69 Å². The van der Waals surface area contributed by atoms with Gasteiger partial charge in [0.2, 0.25) is 0 Å². The van der Waals surface area contributed by atoms with Crippen molar-refractivity contribution in [3.8, 4) is 0 Å². The molecule has 0 aliphatic carbocycles. The van der Waals surface area contributed by atoms with Crippen LogP contribution in [0, 0.1) is 15.9 Å². The quantitative estimate of drug-likeness (QED) is 0.682. The van der Waals surface area contributed by atoms with Crippen molar-refractivity contribution in [1.82, 2.24) is 0 Å². The van der Waals surface area contributed by atoms with Crippen LogP contribution in [0.3, 0.4) is 0 Å². The smallest absolute Gasteiger partial charge is 0.342 e. The van der Waals surface area contributed by atoms with Crippen LogP contribution in [0.2, 0.25) is 0 Å². The van der Waals surface area contributed by atoms with Crippen molar-refractivity contribution in [1.29, 1.82) is 0 Å². The first kappa shape index (κ1) is 15.6. The summed E-state index contributed by atoms with van der Waals surface area (Å²) in [7, 11) is 0. The number of hydrogen-bond acceptors (Lipinski definition) is 5. The van der Waals surface area contributed by atoms with Gasteiger partial charge in [0.15, 0.2) is 5.82 Å². The summed E-state index contributed by atoms with van der Waals surface area (Å²) in [5.41, 5.74) is -1.11. The zero-order valence-corrected chi connectivity index (χ0v) is 12.4. The Morgan fingerprint density at radius 1 is 1.52 bits per heavy atom. The monoisotopic (exact) mass is 314 g/mol. The van der Waals surface area contributed by atoms with E-state index in [0.29, 0.717) is 12.6 Å². The average Bonchev–Trinajstić information content (AvgIpc) is 2.41. The molecule has 21 heavy (non-hydrogen) atoms. The van der Waals surface area contributed by atoms with Crippen LogP contribution in [0.25, 0.3) is 0 Å². The molecule has 2 unspecified atom stereocenters.